The van der Waals surface area contributed by atoms with E-state index >= 15 is 0 Å². The normalized spacial score (nSPS) is 27.3. The lowest BCUT2D eigenvalue weighted by molar-refractivity contribution is -0.151. The molecule has 1 amide bonds. The van der Waals surface area contributed by atoms with E-state index in [1.165, 1.54) is 30.3 Å². The number of alkyl halides is 1. The van der Waals surface area contributed by atoms with Crippen LogP contribution >= 0.6 is 11.6 Å². The number of aliphatic imine (C=N–C) groups is 1. The molecule has 0 unspecified atom stereocenters. The number of nitrogens with zero attached hydrogens (tertiary/aromatic N) is 2. The molecule has 0 saturated heterocycles. The van der Waals surface area contributed by atoms with Crippen LogP contribution < -0.4 is 10.6 Å². The van der Waals surface area contributed by atoms with Crippen molar-refractivity contribution in [2.75, 3.05) is 6.54 Å². The standard InChI is InChI=1S/C28H33ClF2N4O3S/c1-25(2,31)17-32-23(36)22-26(3,4)34-24(33-22)27-14-28(15-27,16-27)35(13-18-10-11-20(29)21(30)12-18)39(37,38)19-8-6-5-7-9-19/h5-12,22H,13-17H2,1-4H3,(H,32,36)(H,33,34)/t22-,27?,28?/m0/s1. The van der Waals surface area contributed by atoms with Crippen LogP contribution in [0.1, 0.15) is 52.5 Å². The molecule has 11 heteroatoms. The summed E-state index contributed by atoms with van der Waals surface area (Å²) < 4.78 is 57.4. The Bertz CT molecular complexity index is 1420. The molecule has 1 atom stereocenters. The lowest BCUT2D eigenvalue weighted by Gasteiger charge is -2.73. The van der Waals surface area contributed by atoms with Gasteiger partial charge in [-0.25, -0.2) is 17.2 Å². The third-order valence-electron chi connectivity index (χ3n) is 7.99. The highest BCUT2D eigenvalue weighted by molar-refractivity contribution is 7.89. The molecule has 210 valence electrons. The summed E-state index contributed by atoms with van der Waals surface area (Å²) in [6.45, 7) is 6.42. The van der Waals surface area contributed by atoms with Gasteiger partial charge in [-0.2, -0.15) is 4.31 Å². The molecule has 2 aromatic rings. The highest BCUT2D eigenvalue weighted by Crippen LogP contribution is 2.71. The maximum Gasteiger partial charge on any atom is 0.247 e. The first-order chi connectivity index (χ1) is 18.1. The van der Waals surface area contributed by atoms with Crippen molar-refractivity contribution in [2.24, 2.45) is 10.4 Å². The number of benzene rings is 2. The fourth-order valence-electron chi connectivity index (χ4n) is 6.03. The molecular weight excluding hydrogens is 546 g/mol. The molecule has 0 aromatic heterocycles. The van der Waals surface area contributed by atoms with Crippen molar-refractivity contribution in [3.8, 4) is 0 Å². The number of carbonyl (C=O) groups is 1. The first kappa shape index (κ1) is 28.0. The number of amidine groups is 1. The van der Waals surface area contributed by atoms with E-state index in [9.17, 15) is 22.0 Å². The molecule has 1 heterocycles. The van der Waals surface area contributed by atoms with E-state index in [0.29, 0.717) is 30.7 Å². The van der Waals surface area contributed by atoms with E-state index in [4.69, 9.17) is 16.6 Å². The number of nitrogens with one attached hydrogen (secondary N) is 2. The first-order valence-corrected chi connectivity index (χ1v) is 14.7. The number of hydrogen-bond donors (Lipinski definition) is 2. The van der Waals surface area contributed by atoms with E-state index in [1.807, 2.05) is 13.8 Å². The van der Waals surface area contributed by atoms with Crippen LogP contribution in [-0.2, 0) is 21.4 Å². The zero-order valence-corrected chi connectivity index (χ0v) is 24.0. The Morgan fingerprint density at radius 1 is 1.18 bits per heavy atom. The molecule has 2 aromatic carbocycles. The molecule has 0 radical (unpaired) electrons. The largest absolute Gasteiger partial charge is 0.366 e. The highest BCUT2D eigenvalue weighted by atomic mass is 35.5. The quantitative estimate of drug-likeness (QED) is 0.455. The minimum Gasteiger partial charge on any atom is -0.366 e. The summed E-state index contributed by atoms with van der Waals surface area (Å²) >= 11 is 5.86. The average Bonchev–Trinajstić information content (AvgIpc) is 3.12. The fourth-order valence-corrected chi connectivity index (χ4v) is 7.92. The molecule has 6 rings (SSSR count). The van der Waals surface area contributed by atoms with Gasteiger partial charge in [-0.1, -0.05) is 35.9 Å². The number of rotatable bonds is 9. The Balaban J connectivity index is 1.39. The predicted molar refractivity (Wildman–Crippen MR) is 146 cm³/mol. The number of amides is 1. The van der Waals surface area contributed by atoms with Gasteiger partial charge in [0.05, 0.1) is 22.0 Å². The van der Waals surface area contributed by atoms with E-state index in [-0.39, 0.29) is 34.3 Å². The minimum absolute atomic E-state index is 0.00313. The Hall–Kier alpha value is -2.56. The third-order valence-corrected chi connectivity index (χ3v) is 10.3. The van der Waals surface area contributed by atoms with Crippen LogP contribution in [0.15, 0.2) is 58.4 Å². The van der Waals surface area contributed by atoms with Gasteiger partial charge in [-0.05, 0) is 76.8 Å². The fraction of sp³-hybridized carbons (Fsp3) is 0.500. The van der Waals surface area contributed by atoms with Crippen molar-refractivity contribution in [3.63, 3.8) is 0 Å². The Labute approximate surface area is 233 Å². The van der Waals surface area contributed by atoms with Crippen LogP contribution in [0.3, 0.4) is 0 Å². The number of carbonyl (C=O) groups excluding carboxylic acids is 1. The van der Waals surface area contributed by atoms with Gasteiger partial charge in [0.1, 0.15) is 17.3 Å². The number of sulfonamides is 1. The summed E-state index contributed by atoms with van der Waals surface area (Å²) in [5.41, 5.74) is -2.75. The maximum absolute atomic E-state index is 14.2. The molecular formula is C28H33ClF2N4O3S. The Morgan fingerprint density at radius 2 is 1.82 bits per heavy atom. The summed E-state index contributed by atoms with van der Waals surface area (Å²) in [6.07, 6.45) is 1.57. The van der Waals surface area contributed by atoms with Gasteiger partial charge in [0, 0.05) is 17.5 Å². The molecule has 7 nitrogen and oxygen atoms in total. The van der Waals surface area contributed by atoms with Crippen molar-refractivity contribution in [1.29, 1.82) is 0 Å². The number of halogens is 3. The van der Waals surface area contributed by atoms with E-state index in [2.05, 4.69) is 10.6 Å². The van der Waals surface area contributed by atoms with Crippen LogP contribution in [0.4, 0.5) is 8.78 Å². The monoisotopic (exact) mass is 578 g/mol. The molecule has 2 bridgehead atoms. The SMILES string of the molecule is CC(C)(F)CNC(=O)[C@@H]1N=C(C23CC(N(Cc4ccc(Cl)c(F)c4)S(=O)(=O)c4ccccc4)(C2)C3)NC1(C)C. The van der Waals surface area contributed by atoms with E-state index < -0.39 is 38.6 Å². The van der Waals surface area contributed by atoms with Gasteiger partial charge in [-0.15, -0.1) is 0 Å². The third kappa shape index (κ3) is 4.95. The smallest absolute Gasteiger partial charge is 0.247 e. The molecule has 3 fully saturated rings. The highest BCUT2D eigenvalue weighted by Gasteiger charge is 2.75. The zero-order valence-electron chi connectivity index (χ0n) is 22.4. The first-order valence-electron chi connectivity index (χ1n) is 12.9. The average molecular weight is 579 g/mol. The van der Waals surface area contributed by atoms with Crippen LogP contribution in [0.5, 0.6) is 0 Å². The molecule has 1 aliphatic heterocycles. The van der Waals surface area contributed by atoms with Gasteiger partial charge in [-0.3, -0.25) is 9.79 Å². The van der Waals surface area contributed by atoms with Crippen molar-refractivity contribution >= 4 is 33.4 Å². The second kappa shape index (κ2) is 9.24. The summed E-state index contributed by atoms with van der Waals surface area (Å²) in [4.78, 5) is 17.8. The minimum atomic E-state index is -3.90. The van der Waals surface area contributed by atoms with Gasteiger partial charge < -0.3 is 10.6 Å². The van der Waals surface area contributed by atoms with Crippen molar-refractivity contribution < 1.29 is 22.0 Å². The van der Waals surface area contributed by atoms with E-state index in [1.54, 1.807) is 36.4 Å². The molecule has 4 aliphatic rings. The summed E-state index contributed by atoms with van der Waals surface area (Å²) in [6, 6.07) is 11.8. The van der Waals surface area contributed by atoms with Crippen LogP contribution in [-0.4, -0.2) is 53.8 Å². The number of hydrogen-bond acceptors (Lipinski definition) is 5. The van der Waals surface area contributed by atoms with Crippen molar-refractivity contribution in [1.82, 2.24) is 14.9 Å². The topological polar surface area (TPSA) is 90.9 Å². The molecule has 3 saturated carbocycles. The molecule has 39 heavy (non-hydrogen) atoms. The van der Waals surface area contributed by atoms with Gasteiger partial charge in [0.25, 0.3) is 0 Å². The van der Waals surface area contributed by atoms with Gasteiger partial charge in [0.2, 0.25) is 15.9 Å². The molecule has 0 spiro atoms. The zero-order chi connectivity index (χ0) is 28.4. The Morgan fingerprint density at radius 3 is 2.41 bits per heavy atom. The summed E-state index contributed by atoms with van der Waals surface area (Å²) in [7, 11) is -3.90. The van der Waals surface area contributed by atoms with Crippen molar-refractivity contribution in [3.05, 3.63) is 64.9 Å². The van der Waals surface area contributed by atoms with E-state index in [0.717, 1.165) is 0 Å². The molecule has 2 N–H and O–H groups in total. The second-order valence-corrected chi connectivity index (χ2v) is 14.5. The van der Waals surface area contributed by atoms with Crippen molar-refractivity contribution in [2.45, 2.75) is 81.2 Å². The lowest BCUT2D eigenvalue weighted by atomic mass is 9.38. The van der Waals surface area contributed by atoms with Gasteiger partial charge >= 0.3 is 0 Å². The second-order valence-electron chi connectivity index (χ2n) is 12.3. The summed E-state index contributed by atoms with van der Waals surface area (Å²) in [5.74, 6) is -0.274. The lowest BCUT2D eigenvalue weighted by Crippen LogP contribution is -2.78. The molecule has 3 aliphatic carbocycles. The van der Waals surface area contributed by atoms with Crippen LogP contribution in [0.2, 0.25) is 5.02 Å². The predicted octanol–water partition coefficient (Wildman–Crippen LogP) is 4.61. The maximum atomic E-state index is 14.2. The van der Waals surface area contributed by atoms with Crippen LogP contribution in [0, 0.1) is 11.2 Å². The summed E-state index contributed by atoms with van der Waals surface area (Å²) in [5, 5.41) is 6.02. The van der Waals surface area contributed by atoms with Crippen LogP contribution in [0.25, 0.3) is 0 Å². The van der Waals surface area contributed by atoms with Gasteiger partial charge in [0.15, 0.2) is 6.04 Å². The Kier molecular flexibility index (Phi) is 6.63.